The van der Waals surface area contributed by atoms with E-state index < -0.39 is 5.91 Å². The largest absolute Gasteiger partial charge is 0.392 e. The van der Waals surface area contributed by atoms with Crippen LogP contribution in [-0.4, -0.2) is 16.9 Å². The van der Waals surface area contributed by atoms with E-state index in [0.717, 1.165) is 16.8 Å². The minimum atomic E-state index is -0.554. The van der Waals surface area contributed by atoms with Crippen LogP contribution >= 0.6 is 0 Å². The van der Waals surface area contributed by atoms with Crippen molar-refractivity contribution < 1.29 is 14.7 Å². The smallest absolute Gasteiger partial charge is 0.258 e. The lowest BCUT2D eigenvalue weighted by Crippen LogP contribution is -2.11. The van der Waals surface area contributed by atoms with Crippen LogP contribution < -0.4 is 16.4 Å². The van der Waals surface area contributed by atoms with Gasteiger partial charge in [0.25, 0.3) is 5.91 Å². The molecule has 144 valence electrons. The van der Waals surface area contributed by atoms with Crippen LogP contribution in [0.15, 0.2) is 72.8 Å². The molecule has 1 aliphatic heterocycles. The number of aliphatic hydroxyl groups is 1. The Bertz CT molecular complexity index is 1140. The molecule has 0 spiro atoms. The van der Waals surface area contributed by atoms with Gasteiger partial charge in [-0.25, -0.2) is 0 Å². The van der Waals surface area contributed by atoms with Gasteiger partial charge in [-0.2, -0.15) is 0 Å². The van der Waals surface area contributed by atoms with Crippen molar-refractivity contribution in [2.24, 2.45) is 5.73 Å². The van der Waals surface area contributed by atoms with Crippen LogP contribution in [0, 0.1) is 0 Å². The normalized spacial score (nSPS) is 14.2. The number of nitrogens with two attached hydrogens (primary N) is 1. The molecule has 29 heavy (non-hydrogen) atoms. The van der Waals surface area contributed by atoms with Crippen LogP contribution in [0.5, 0.6) is 0 Å². The second-order valence-electron chi connectivity index (χ2n) is 6.68. The molecule has 6 nitrogen and oxygen atoms in total. The summed E-state index contributed by atoms with van der Waals surface area (Å²) in [5, 5.41) is 15.6. The molecule has 5 N–H and O–H groups in total. The molecule has 4 rings (SSSR count). The Labute approximate surface area is 167 Å². The molecule has 6 heteroatoms. The first-order valence-electron chi connectivity index (χ1n) is 9.09. The van der Waals surface area contributed by atoms with E-state index in [1.54, 1.807) is 18.2 Å². The molecule has 3 aromatic carbocycles. The molecule has 0 saturated carbocycles. The highest BCUT2D eigenvalue weighted by molar-refractivity contribution is 6.37. The van der Waals surface area contributed by atoms with Crippen LogP contribution in [0.1, 0.15) is 27.0 Å². The first kappa shape index (κ1) is 18.5. The van der Waals surface area contributed by atoms with Gasteiger partial charge < -0.3 is 21.5 Å². The van der Waals surface area contributed by atoms with Gasteiger partial charge in [-0.1, -0.05) is 48.5 Å². The maximum atomic E-state index is 12.9. The number of anilines is 2. The number of rotatable bonds is 5. The second kappa shape index (κ2) is 7.61. The predicted molar refractivity (Wildman–Crippen MR) is 113 cm³/mol. The Kier molecular flexibility index (Phi) is 4.85. The SMILES string of the molecule is NC(=O)c1ccc2c(c1)NC(=O)/C2=C(\Nc1cccc(CO)c1)c1ccccc1. The van der Waals surface area contributed by atoms with Crippen molar-refractivity contribution in [3.63, 3.8) is 0 Å². The van der Waals surface area contributed by atoms with E-state index >= 15 is 0 Å². The van der Waals surface area contributed by atoms with Gasteiger partial charge in [-0.15, -0.1) is 0 Å². The van der Waals surface area contributed by atoms with Gasteiger partial charge in [0, 0.05) is 22.5 Å². The highest BCUT2D eigenvalue weighted by Crippen LogP contribution is 2.38. The number of hydrogen-bond donors (Lipinski definition) is 4. The molecule has 0 aliphatic carbocycles. The molecule has 0 radical (unpaired) electrons. The molecule has 1 heterocycles. The summed E-state index contributed by atoms with van der Waals surface area (Å²) in [6.45, 7) is -0.0774. The quantitative estimate of drug-likeness (QED) is 0.506. The van der Waals surface area contributed by atoms with Crippen LogP contribution in [-0.2, 0) is 11.4 Å². The maximum absolute atomic E-state index is 12.9. The summed E-state index contributed by atoms with van der Waals surface area (Å²) < 4.78 is 0. The molecular weight excluding hydrogens is 366 g/mol. The van der Waals surface area contributed by atoms with E-state index in [9.17, 15) is 14.7 Å². The lowest BCUT2D eigenvalue weighted by molar-refractivity contribution is -0.110. The van der Waals surface area contributed by atoms with Crippen molar-refractivity contribution in [2.45, 2.75) is 6.61 Å². The summed E-state index contributed by atoms with van der Waals surface area (Å²) >= 11 is 0. The van der Waals surface area contributed by atoms with Gasteiger partial charge in [0.2, 0.25) is 5.91 Å². The number of carbonyl (C=O) groups excluding carboxylic acids is 2. The second-order valence-corrected chi connectivity index (χ2v) is 6.68. The van der Waals surface area contributed by atoms with Gasteiger partial charge in [0.15, 0.2) is 0 Å². The van der Waals surface area contributed by atoms with Crippen LogP contribution in [0.3, 0.4) is 0 Å². The van der Waals surface area contributed by atoms with Gasteiger partial charge in [-0.3, -0.25) is 9.59 Å². The molecule has 2 amide bonds. The molecule has 0 fully saturated rings. The van der Waals surface area contributed by atoms with Crippen molar-refractivity contribution in [1.29, 1.82) is 0 Å². The lowest BCUT2D eigenvalue weighted by Gasteiger charge is -2.15. The van der Waals surface area contributed by atoms with Crippen molar-refractivity contribution in [2.75, 3.05) is 10.6 Å². The first-order chi connectivity index (χ1) is 14.1. The van der Waals surface area contributed by atoms with Crippen molar-refractivity contribution in [3.05, 3.63) is 95.1 Å². The third-order valence-electron chi connectivity index (χ3n) is 4.74. The van der Waals surface area contributed by atoms with E-state index in [0.29, 0.717) is 28.1 Å². The van der Waals surface area contributed by atoms with E-state index in [1.165, 1.54) is 0 Å². The summed E-state index contributed by atoms with van der Waals surface area (Å²) in [5.74, 6) is -0.826. The molecule has 0 saturated heterocycles. The monoisotopic (exact) mass is 385 g/mol. The fourth-order valence-corrected chi connectivity index (χ4v) is 3.35. The zero-order valence-electron chi connectivity index (χ0n) is 15.5. The highest BCUT2D eigenvalue weighted by Gasteiger charge is 2.29. The maximum Gasteiger partial charge on any atom is 0.258 e. The van der Waals surface area contributed by atoms with Gasteiger partial charge in [-0.05, 0) is 35.4 Å². The molecule has 1 aliphatic rings. The lowest BCUT2D eigenvalue weighted by atomic mass is 9.99. The number of amides is 2. The average Bonchev–Trinajstić information content (AvgIpc) is 3.07. The van der Waals surface area contributed by atoms with Crippen LogP contribution in [0.25, 0.3) is 11.3 Å². The van der Waals surface area contributed by atoms with Crippen LogP contribution in [0.2, 0.25) is 0 Å². The standard InChI is InChI=1S/C23H19N3O3/c24-22(28)16-9-10-18-19(12-16)26-23(29)20(18)21(15-6-2-1-3-7-15)25-17-8-4-5-14(11-17)13-27/h1-12,25,27H,13H2,(H2,24,28)(H,26,29)/b21-20-. The fraction of sp³-hybridized carbons (Fsp3) is 0.0435. The minimum absolute atomic E-state index is 0.0774. The topological polar surface area (TPSA) is 104 Å². The zero-order valence-corrected chi connectivity index (χ0v) is 15.5. The van der Waals surface area contributed by atoms with Gasteiger partial charge in [0.05, 0.1) is 17.9 Å². The van der Waals surface area contributed by atoms with E-state index in [1.807, 2.05) is 54.6 Å². The molecule has 0 bridgehead atoms. The van der Waals surface area contributed by atoms with Crippen molar-refractivity contribution >= 4 is 34.5 Å². The number of aliphatic hydroxyl groups excluding tert-OH is 1. The number of nitrogens with one attached hydrogen (secondary N) is 2. The zero-order chi connectivity index (χ0) is 20.4. The summed E-state index contributed by atoms with van der Waals surface area (Å²) in [4.78, 5) is 24.4. The molecule has 0 atom stereocenters. The number of primary amides is 1. The molecule has 3 aromatic rings. The molecule has 0 unspecified atom stereocenters. The third-order valence-corrected chi connectivity index (χ3v) is 4.74. The summed E-state index contributed by atoms with van der Waals surface area (Å²) in [5.41, 5.74) is 10.4. The van der Waals surface area contributed by atoms with E-state index in [-0.39, 0.29) is 12.5 Å². The predicted octanol–water partition coefficient (Wildman–Crippen LogP) is 3.21. The van der Waals surface area contributed by atoms with E-state index in [2.05, 4.69) is 10.6 Å². The average molecular weight is 385 g/mol. The Hall–Kier alpha value is -3.90. The fourth-order valence-electron chi connectivity index (χ4n) is 3.35. The van der Waals surface area contributed by atoms with Crippen molar-refractivity contribution in [1.82, 2.24) is 0 Å². The number of hydrogen-bond acceptors (Lipinski definition) is 4. The summed E-state index contributed by atoms with van der Waals surface area (Å²) in [6, 6.07) is 21.8. The van der Waals surface area contributed by atoms with E-state index in [4.69, 9.17) is 5.73 Å². The number of benzene rings is 3. The van der Waals surface area contributed by atoms with Crippen molar-refractivity contribution in [3.8, 4) is 0 Å². The first-order valence-corrected chi connectivity index (χ1v) is 9.09. The Morgan fingerprint density at radius 1 is 0.966 bits per heavy atom. The third kappa shape index (κ3) is 3.61. The number of carbonyl (C=O) groups is 2. The number of fused-ring (bicyclic) bond motifs is 1. The van der Waals surface area contributed by atoms with Gasteiger partial charge >= 0.3 is 0 Å². The highest BCUT2D eigenvalue weighted by atomic mass is 16.3. The Morgan fingerprint density at radius 3 is 2.48 bits per heavy atom. The Morgan fingerprint density at radius 2 is 1.76 bits per heavy atom. The summed E-state index contributed by atoms with van der Waals surface area (Å²) in [6.07, 6.45) is 0. The Balaban J connectivity index is 1.88. The minimum Gasteiger partial charge on any atom is -0.392 e. The summed E-state index contributed by atoms with van der Waals surface area (Å²) in [7, 11) is 0. The molecule has 0 aromatic heterocycles. The molecular formula is C23H19N3O3. The van der Waals surface area contributed by atoms with Crippen LogP contribution in [0.4, 0.5) is 11.4 Å². The van der Waals surface area contributed by atoms with Gasteiger partial charge in [0.1, 0.15) is 0 Å².